The van der Waals surface area contributed by atoms with Gasteiger partial charge in [0.1, 0.15) is 17.8 Å². The number of piperidine rings is 1. The highest BCUT2D eigenvalue weighted by Gasteiger charge is 2.32. The minimum atomic E-state index is 0.553. The van der Waals surface area contributed by atoms with Crippen LogP contribution in [-0.2, 0) is 6.42 Å². The van der Waals surface area contributed by atoms with Gasteiger partial charge in [-0.15, -0.1) is 0 Å². The van der Waals surface area contributed by atoms with Gasteiger partial charge in [0.25, 0.3) is 0 Å². The number of aromatic amines is 1. The Labute approximate surface area is 131 Å². The molecule has 1 aliphatic heterocycles. The zero-order chi connectivity index (χ0) is 14.9. The van der Waals surface area contributed by atoms with Crippen molar-refractivity contribution >= 4 is 16.9 Å². The average Bonchev–Trinajstić information content (AvgIpc) is 2.99. The Morgan fingerprint density at radius 1 is 1.23 bits per heavy atom. The van der Waals surface area contributed by atoms with Gasteiger partial charge < -0.3 is 15.6 Å². The van der Waals surface area contributed by atoms with E-state index < -0.39 is 0 Å². The maximum atomic E-state index is 4.53. The third-order valence-corrected chi connectivity index (χ3v) is 5.51. The number of hydrogen-bond donors (Lipinski definition) is 3. The van der Waals surface area contributed by atoms with Crippen LogP contribution in [0.15, 0.2) is 12.5 Å². The Kier molecular flexibility index (Phi) is 3.74. The first-order valence-electron chi connectivity index (χ1n) is 8.63. The molecule has 0 amide bonds. The lowest BCUT2D eigenvalue weighted by Crippen LogP contribution is -2.42. The molecule has 3 atom stereocenters. The second kappa shape index (κ2) is 5.88. The summed E-state index contributed by atoms with van der Waals surface area (Å²) in [6.45, 7) is 4.58. The van der Waals surface area contributed by atoms with Gasteiger partial charge in [-0.1, -0.05) is 6.92 Å². The molecule has 5 heteroatoms. The monoisotopic (exact) mass is 299 g/mol. The van der Waals surface area contributed by atoms with E-state index in [4.69, 9.17) is 0 Å². The fourth-order valence-corrected chi connectivity index (χ4v) is 4.26. The number of aryl methyl sites for hydroxylation is 1. The van der Waals surface area contributed by atoms with Crippen molar-refractivity contribution in [3.63, 3.8) is 0 Å². The van der Waals surface area contributed by atoms with Crippen molar-refractivity contribution in [1.82, 2.24) is 20.3 Å². The highest BCUT2D eigenvalue weighted by atomic mass is 15.1. The van der Waals surface area contributed by atoms with Crippen LogP contribution in [0.3, 0.4) is 0 Å². The smallest absolute Gasteiger partial charge is 0.143 e. The lowest BCUT2D eigenvalue weighted by molar-refractivity contribution is 0.176. The molecule has 0 aromatic carbocycles. The molecule has 118 valence electrons. The van der Waals surface area contributed by atoms with Gasteiger partial charge in [0.15, 0.2) is 0 Å². The van der Waals surface area contributed by atoms with E-state index in [-0.39, 0.29) is 0 Å². The van der Waals surface area contributed by atoms with E-state index in [1.54, 1.807) is 6.33 Å². The Morgan fingerprint density at radius 3 is 3.09 bits per heavy atom. The maximum Gasteiger partial charge on any atom is 0.143 e. The first-order chi connectivity index (χ1) is 10.8. The molecule has 2 aliphatic rings. The zero-order valence-corrected chi connectivity index (χ0v) is 13.2. The highest BCUT2D eigenvalue weighted by Crippen LogP contribution is 2.36. The number of anilines is 1. The number of rotatable bonds is 3. The van der Waals surface area contributed by atoms with Gasteiger partial charge in [-0.25, -0.2) is 9.97 Å². The lowest BCUT2D eigenvalue weighted by atomic mass is 9.73. The molecule has 22 heavy (non-hydrogen) atoms. The van der Waals surface area contributed by atoms with E-state index in [2.05, 4.69) is 38.7 Å². The van der Waals surface area contributed by atoms with Crippen LogP contribution < -0.4 is 10.6 Å². The van der Waals surface area contributed by atoms with Gasteiger partial charge in [0.2, 0.25) is 0 Å². The van der Waals surface area contributed by atoms with Gasteiger partial charge in [-0.2, -0.15) is 0 Å². The Bertz CT molecular complexity index is 650. The summed E-state index contributed by atoms with van der Waals surface area (Å²) in [5.74, 6) is 2.78. The van der Waals surface area contributed by atoms with Crippen molar-refractivity contribution in [2.45, 2.75) is 45.1 Å². The molecule has 3 N–H and O–H groups in total. The van der Waals surface area contributed by atoms with E-state index in [1.807, 2.05) is 0 Å². The van der Waals surface area contributed by atoms with Crippen molar-refractivity contribution in [2.24, 2.45) is 11.8 Å². The third-order valence-electron chi connectivity index (χ3n) is 5.51. The highest BCUT2D eigenvalue weighted by molar-refractivity contribution is 5.90. The summed E-state index contributed by atoms with van der Waals surface area (Å²) in [6.07, 6.45) is 9.92. The minimum absolute atomic E-state index is 0.553. The van der Waals surface area contributed by atoms with Crippen LogP contribution >= 0.6 is 0 Å². The first kappa shape index (κ1) is 14.0. The molecular formula is C17H25N5. The number of fused-ring (bicyclic) bond motifs is 2. The quantitative estimate of drug-likeness (QED) is 0.815. The summed E-state index contributed by atoms with van der Waals surface area (Å²) < 4.78 is 0. The molecule has 2 aromatic heterocycles. The molecule has 3 unspecified atom stereocenters. The van der Waals surface area contributed by atoms with Crippen molar-refractivity contribution < 1.29 is 0 Å². The van der Waals surface area contributed by atoms with Gasteiger partial charge in [-0.3, -0.25) is 0 Å². The van der Waals surface area contributed by atoms with Crippen LogP contribution in [0.4, 0.5) is 5.82 Å². The zero-order valence-electron chi connectivity index (χ0n) is 13.2. The molecule has 3 heterocycles. The molecule has 0 spiro atoms. The molecule has 0 bridgehead atoms. The second-order valence-electron chi connectivity index (χ2n) is 6.78. The predicted molar refractivity (Wildman–Crippen MR) is 89.0 cm³/mol. The number of nitrogens with one attached hydrogen (secondary N) is 3. The lowest BCUT2D eigenvalue weighted by Gasteiger charge is -2.40. The Morgan fingerprint density at radius 2 is 2.18 bits per heavy atom. The van der Waals surface area contributed by atoms with Crippen LogP contribution in [0.5, 0.6) is 0 Å². The van der Waals surface area contributed by atoms with Gasteiger partial charge in [0, 0.05) is 12.2 Å². The summed E-state index contributed by atoms with van der Waals surface area (Å²) >= 11 is 0. The van der Waals surface area contributed by atoms with Crippen molar-refractivity contribution in [3.8, 4) is 0 Å². The molecular weight excluding hydrogens is 274 g/mol. The number of H-pyrrole nitrogens is 1. The molecule has 1 saturated heterocycles. The fourth-order valence-electron chi connectivity index (χ4n) is 4.26. The summed E-state index contributed by atoms with van der Waals surface area (Å²) in [6, 6.07) is 0.553. The molecule has 2 fully saturated rings. The number of aromatic nitrogens is 3. The van der Waals surface area contributed by atoms with E-state index in [0.717, 1.165) is 29.7 Å². The van der Waals surface area contributed by atoms with E-state index >= 15 is 0 Å². The molecule has 1 aliphatic carbocycles. The number of hydrogen-bond acceptors (Lipinski definition) is 4. The van der Waals surface area contributed by atoms with E-state index in [9.17, 15) is 0 Å². The van der Waals surface area contributed by atoms with Gasteiger partial charge >= 0.3 is 0 Å². The summed E-state index contributed by atoms with van der Waals surface area (Å²) in [7, 11) is 0. The molecule has 5 nitrogen and oxygen atoms in total. The predicted octanol–water partition coefficient (Wildman–Crippen LogP) is 2.71. The van der Waals surface area contributed by atoms with Crippen molar-refractivity contribution in [3.05, 3.63) is 18.1 Å². The first-order valence-corrected chi connectivity index (χ1v) is 8.63. The Balaban J connectivity index is 1.55. The molecule has 1 saturated carbocycles. The van der Waals surface area contributed by atoms with Crippen LogP contribution in [0.2, 0.25) is 0 Å². The Hall–Kier alpha value is -1.62. The van der Waals surface area contributed by atoms with E-state index in [0.29, 0.717) is 6.04 Å². The second-order valence-corrected chi connectivity index (χ2v) is 6.78. The van der Waals surface area contributed by atoms with Crippen LogP contribution in [-0.4, -0.2) is 34.1 Å². The number of nitrogens with zero attached hydrogens (tertiary/aromatic N) is 2. The molecule has 0 radical (unpaired) electrons. The van der Waals surface area contributed by atoms with Crippen molar-refractivity contribution in [2.75, 3.05) is 18.4 Å². The molecule has 4 rings (SSSR count). The topological polar surface area (TPSA) is 65.6 Å². The SMILES string of the molecule is CCc1c[nH]c2ncnc(NC3CCC4CNCCC4C3)c12. The normalized spacial score (nSPS) is 28.5. The molecule has 2 aromatic rings. The summed E-state index contributed by atoms with van der Waals surface area (Å²) in [5, 5.41) is 8.44. The van der Waals surface area contributed by atoms with E-state index in [1.165, 1.54) is 49.7 Å². The van der Waals surface area contributed by atoms with Crippen LogP contribution in [0.25, 0.3) is 11.0 Å². The maximum absolute atomic E-state index is 4.53. The summed E-state index contributed by atoms with van der Waals surface area (Å²) in [4.78, 5) is 12.1. The van der Waals surface area contributed by atoms with Crippen LogP contribution in [0.1, 0.15) is 38.2 Å². The standard InChI is InChI=1S/C17H25N5/c1-2-11-9-19-16-15(11)17(21-10-20-16)22-14-4-3-13-8-18-6-5-12(13)7-14/h9-10,12-14,18H,2-8H2,1H3,(H2,19,20,21,22). The fraction of sp³-hybridized carbons (Fsp3) is 0.647. The summed E-state index contributed by atoms with van der Waals surface area (Å²) in [5.41, 5.74) is 2.25. The minimum Gasteiger partial charge on any atom is -0.367 e. The van der Waals surface area contributed by atoms with Gasteiger partial charge in [0.05, 0.1) is 5.39 Å². The largest absolute Gasteiger partial charge is 0.367 e. The van der Waals surface area contributed by atoms with Crippen molar-refractivity contribution in [1.29, 1.82) is 0 Å². The average molecular weight is 299 g/mol. The van der Waals surface area contributed by atoms with Crippen LogP contribution in [0, 0.1) is 11.8 Å². The third kappa shape index (κ3) is 2.47. The van der Waals surface area contributed by atoms with Gasteiger partial charge in [-0.05, 0) is 62.6 Å².